The van der Waals surface area contributed by atoms with Crippen LogP contribution in [0.2, 0.25) is 0 Å². The summed E-state index contributed by atoms with van der Waals surface area (Å²) in [7, 11) is 1.31. The smallest absolute Gasteiger partial charge is 0.238 e. The average Bonchev–Trinajstić information content (AvgIpc) is 3.18. The van der Waals surface area contributed by atoms with E-state index in [9.17, 15) is 23.6 Å². The SMILES string of the molecule is COc1c(N2C(=O)C3CC=CCC3C2=O)cc(F)cc1N1C(=O)C2CC=CCC2C1=O. The van der Waals surface area contributed by atoms with Gasteiger partial charge in [0.05, 0.1) is 42.2 Å². The highest BCUT2D eigenvalue weighted by atomic mass is 19.1. The molecule has 0 spiro atoms. The monoisotopic (exact) mass is 424 g/mol. The maximum atomic E-state index is 14.7. The maximum Gasteiger partial charge on any atom is 0.238 e. The zero-order chi connectivity index (χ0) is 21.9. The van der Waals surface area contributed by atoms with Gasteiger partial charge in [0.2, 0.25) is 23.6 Å². The minimum absolute atomic E-state index is 0.0389. The predicted octanol–water partition coefficient (Wildman–Crippen LogP) is 2.75. The number of hydrogen-bond acceptors (Lipinski definition) is 5. The lowest BCUT2D eigenvalue weighted by Gasteiger charge is -2.24. The average molecular weight is 424 g/mol. The summed E-state index contributed by atoms with van der Waals surface area (Å²) in [4.78, 5) is 54.0. The normalized spacial score (nSPS) is 29.6. The van der Waals surface area contributed by atoms with Crippen molar-refractivity contribution in [1.82, 2.24) is 0 Å². The molecular weight excluding hydrogens is 403 g/mol. The second-order valence-corrected chi connectivity index (χ2v) is 8.31. The topological polar surface area (TPSA) is 84.0 Å². The quantitative estimate of drug-likeness (QED) is 0.550. The van der Waals surface area contributed by atoms with Crippen molar-refractivity contribution in [3.63, 3.8) is 0 Å². The molecule has 2 aliphatic carbocycles. The third kappa shape index (κ3) is 2.77. The van der Waals surface area contributed by atoms with E-state index < -0.39 is 53.1 Å². The molecule has 4 atom stereocenters. The van der Waals surface area contributed by atoms with Crippen molar-refractivity contribution in [1.29, 1.82) is 0 Å². The third-order valence-corrected chi connectivity index (χ3v) is 6.72. The largest absolute Gasteiger partial charge is 0.492 e. The van der Waals surface area contributed by atoms with Gasteiger partial charge in [0.1, 0.15) is 5.82 Å². The highest BCUT2D eigenvalue weighted by Crippen LogP contribution is 2.47. The number of benzene rings is 1. The molecule has 0 N–H and O–H groups in total. The fourth-order valence-corrected chi connectivity index (χ4v) is 5.18. The van der Waals surface area contributed by atoms with Crippen molar-refractivity contribution < 1.29 is 28.3 Å². The number of amides is 4. The number of rotatable bonds is 3. The molecule has 160 valence electrons. The Morgan fingerprint density at radius 1 is 0.710 bits per heavy atom. The summed E-state index contributed by atoms with van der Waals surface area (Å²) < 4.78 is 20.2. The van der Waals surface area contributed by atoms with Crippen LogP contribution < -0.4 is 14.5 Å². The summed E-state index contributed by atoms with van der Waals surface area (Å²) in [6.45, 7) is 0. The number of carbonyl (C=O) groups is 4. The van der Waals surface area contributed by atoms with Gasteiger partial charge in [-0.1, -0.05) is 24.3 Å². The van der Waals surface area contributed by atoms with Crippen molar-refractivity contribution in [2.75, 3.05) is 16.9 Å². The van der Waals surface area contributed by atoms with Gasteiger partial charge in [-0.3, -0.25) is 19.2 Å². The summed E-state index contributed by atoms with van der Waals surface area (Å²) in [5.74, 6) is -4.52. The van der Waals surface area contributed by atoms with Crippen LogP contribution in [0, 0.1) is 29.5 Å². The van der Waals surface area contributed by atoms with Crippen LogP contribution in [0.25, 0.3) is 0 Å². The van der Waals surface area contributed by atoms with E-state index in [0.29, 0.717) is 25.7 Å². The number of ether oxygens (including phenoxy) is 1. The molecule has 2 heterocycles. The molecule has 4 unspecified atom stereocenters. The molecule has 8 heteroatoms. The number of imide groups is 2. The van der Waals surface area contributed by atoms with Crippen LogP contribution in [-0.4, -0.2) is 30.7 Å². The fourth-order valence-electron chi connectivity index (χ4n) is 5.18. The summed E-state index contributed by atoms with van der Waals surface area (Å²) in [5, 5.41) is 0. The molecule has 31 heavy (non-hydrogen) atoms. The van der Waals surface area contributed by atoms with Crippen LogP contribution in [0.1, 0.15) is 25.7 Å². The van der Waals surface area contributed by atoms with E-state index in [1.807, 2.05) is 24.3 Å². The van der Waals surface area contributed by atoms with Crippen LogP contribution in [0.5, 0.6) is 5.75 Å². The first kappa shape index (κ1) is 19.7. The maximum absolute atomic E-state index is 14.7. The summed E-state index contributed by atoms with van der Waals surface area (Å²) >= 11 is 0. The molecule has 7 nitrogen and oxygen atoms in total. The van der Waals surface area contributed by atoms with E-state index >= 15 is 0 Å². The molecule has 2 aliphatic heterocycles. The van der Waals surface area contributed by atoms with Gasteiger partial charge < -0.3 is 4.74 Å². The number of anilines is 2. The van der Waals surface area contributed by atoms with Gasteiger partial charge in [-0.15, -0.1) is 0 Å². The minimum Gasteiger partial charge on any atom is -0.492 e. The van der Waals surface area contributed by atoms with Crippen LogP contribution >= 0.6 is 0 Å². The standard InChI is InChI=1S/C23H21FN2O5/c1-31-19-17(25-20(27)13-6-2-3-7-14(13)21(25)28)10-12(24)11-18(19)26-22(29)15-8-4-5-9-16(15)23(26)30/h2-5,10-11,13-16H,6-9H2,1H3. The van der Waals surface area contributed by atoms with Crippen LogP contribution in [0.4, 0.5) is 15.8 Å². The predicted molar refractivity (Wildman–Crippen MR) is 109 cm³/mol. The Labute approximate surface area is 178 Å². The number of hydrogen-bond donors (Lipinski definition) is 0. The van der Waals surface area contributed by atoms with Crippen LogP contribution in [0.15, 0.2) is 36.4 Å². The van der Waals surface area contributed by atoms with Crippen molar-refractivity contribution in [2.24, 2.45) is 23.7 Å². The van der Waals surface area contributed by atoms with Crippen molar-refractivity contribution >= 4 is 35.0 Å². The molecule has 2 fully saturated rings. The van der Waals surface area contributed by atoms with E-state index in [1.54, 1.807) is 0 Å². The highest BCUT2D eigenvalue weighted by molar-refractivity contribution is 6.26. The van der Waals surface area contributed by atoms with Crippen molar-refractivity contribution in [3.8, 4) is 5.75 Å². The highest BCUT2D eigenvalue weighted by Gasteiger charge is 2.51. The Morgan fingerprint density at radius 3 is 1.32 bits per heavy atom. The Bertz CT molecular complexity index is 947. The Kier molecular flexibility index (Phi) is 4.53. The number of methoxy groups -OCH3 is 1. The zero-order valence-electron chi connectivity index (χ0n) is 16.9. The molecule has 4 aliphatic rings. The second-order valence-electron chi connectivity index (χ2n) is 8.31. The molecule has 1 aromatic rings. The number of fused-ring (bicyclic) bond motifs is 2. The van der Waals surface area contributed by atoms with Gasteiger partial charge in [0.15, 0.2) is 5.75 Å². The minimum atomic E-state index is -0.770. The molecule has 1 aromatic carbocycles. The molecule has 0 radical (unpaired) electrons. The molecule has 0 saturated carbocycles. The zero-order valence-corrected chi connectivity index (χ0v) is 16.9. The van der Waals surface area contributed by atoms with E-state index in [-0.39, 0.29) is 17.1 Å². The van der Waals surface area contributed by atoms with Gasteiger partial charge in [-0.2, -0.15) is 0 Å². The molecular formula is C23H21FN2O5. The first-order chi connectivity index (χ1) is 14.9. The van der Waals surface area contributed by atoms with E-state index in [4.69, 9.17) is 4.74 Å². The van der Waals surface area contributed by atoms with E-state index in [2.05, 4.69) is 0 Å². The number of halogens is 1. The summed E-state index contributed by atoms with van der Waals surface area (Å²) in [6.07, 6.45) is 9.21. The first-order valence-electron chi connectivity index (χ1n) is 10.4. The van der Waals surface area contributed by atoms with Crippen LogP contribution in [0.3, 0.4) is 0 Å². The Morgan fingerprint density at radius 2 is 1.03 bits per heavy atom. The fraction of sp³-hybridized carbons (Fsp3) is 0.391. The Hall–Kier alpha value is -3.29. The lowest BCUT2D eigenvalue weighted by molar-refractivity contribution is -0.124. The van der Waals surface area contributed by atoms with Crippen molar-refractivity contribution in [2.45, 2.75) is 25.7 Å². The third-order valence-electron chi connectivity index (χ3n) is 6.72. The second kappa shape index (κ2) is 7.14. The van der Waals surface area contributed by atoms with Gasteiger partial charge >= 0.3 is 0 Å². The molecule has 0 aromatic heterocycles. The molecule has 2 saturated heterocycles. The van der Waals surface area contributed by atoms with Gasteiger partial charge in [-0.05, 0) is 25.7 Å². The summed E-state index contributed by atoms with van der Waals surface area (Å²) in [5.41, 5.74) is -0.147. The molecule has 0 bridgehead atoms. The molecule has 4 amide bonds. The summed E-state index contributed by atoms with van der Waals surface area (Å²) in [6, 6.07) is 2.09. The lowest BCUT2D eigenvalue weighted by atomic mass is 9.85. The lowest BCUT2D eigenvalue weighted by Crippen LogP contribution is -2.34. The number of carbonyl (C=O) groups excluding carboxylic acids is 4. The molecule has 5 rings (SSSR count). The number of nitrogens with zero attached hydrogens (tertiary/aromatic N) is 2. The van der Waals surface area contributed by atoms with Gasteiger partial charge in [0.25, 0.3) is 0 Å². The van der Waals surface area contributed by atoms with E-state index in [1.165, 1.54) is 7.11 Å². The Balaban J connectivity index is 1.60. The van der Waals surface area contributed by atoms with Crippen molar-refractivity contribution in [3.05, 3.63) is 42.3 Å². The van der Waals surface area contributed by atoms with E-state index in [0.717, 1.165) is 21.9 Å². The van der Waals surface area contributed by atoms with Gasteiger partial charge in [-0.25, -0.2) is 14.2 Å². The van der Waals surface area contributed by atoms with Gasteiger partial charge in [0, 0.05) is 12.1 Å². The number of allylic oxidation sites excluding steroid dienone is 4. The van der Waals surface area contributed by atoms with Crippen LogP contribution in [-0.2, 0) is 19.2 Å². The first-order valence-corrected chi connectivity index (χ1v) is 10.4.